The van der Waals surface area contributed by atoms with E-state index >= 15 is 0 Å². The van der Waals surface area contributed by atoms with Crippen molar-refractivity contribution in [1.82, 2.24) is 0 Å². The predicted molar refractivity (Wildman–Crippen MR) is 72.2 cm³/mol. The second kappa shape index (κ2) is 5.08. The summed E-state index contributed by atoms with van der Waals surface area (Å²) in [4.78, 5) is 0. The monoisotopic (exact) mass is 245 g/mol. The molecule has 0 bridgehead atoms. The number of hydrogen-bond donors (Lipinski definition) is 1. The molecular formula is C15H16FNO. The van der Waals surface area contributed by atoms with Crippen LogP contribution in [-0.2, 0) is 6.42 Å². The Kier molecular flexibility index (Phi) is 3.51. The third-order valence-corrected chi connectivity index (χ3v) is 3.02. The third-order valence-electron chi connectivity index (χ3n) is 3.02. The highest BCUT2D eigenvalue weighted by atomic mass is 19.1. The van der Waals surface area contributed by atoms with E-state index in [1.165, 1.54) is 7.11 Å². The minimum Gasteiger partial charge on any atom is -0.494 e. The number of benzene rings is 2. The fourth-order valence-electron chi connectivity index (χ4n) is 1.97. The molecule has 0 aliphatic rings. The zero-order valence-corrected chi connectivity index (χ0v) is 10.5. The molecule has 0 radical (unpaired) electrons. The van der Waals surface area contributed by atoms with Gasteiger partial charge in [-0.3, -0.25) is 0 Å². The maximum atomic E-state index is 14.1. The number of aryl methyl sites for hydroxylation is 1. The van der Waals surface area contributed by atoms with Gasteiger partial charge >= 0.3 is 0 Å². The van der Waals surface area contributed by atoms with Gasteiger partial charge in [-0.15, -0.1) is 0 Å². The summed E-state index contributed by atoms with van der Waals surface area (Å²) in [5.41, 5.74) is 8.97. The quantitative estimate of drug-likeness (QED) is 0.838. The SMILES string of the molecule is CCc1cc(-c2cccc(OC)c2F)ccc1N. The van der Waals surface area contributed by atoms with E-state index in [-0.39, 0.29) is 11.6 Å². The van der Waals surface area contributed by atoms with Crippen LogP contribution < -0.4 is 10.5 Å². The Labute approximate surface area is 106 Å². The Hall–Kier alpha value is -2.03. The molecule has 0 amide bonds. The Morgan fingerprint density at radius 1 is 1.22 bits per heavy atom. The van der Waals surface area contributed by atoms with Crippen molar-refractivity contribution in [2.45, 2.75) is 13.3 Å². The predicted octanol–water partition coefficient (Wildman–Crippen LogP) is 3.65. The van der Waals surface area contributed by atoms with E-state index in [1.54, 1.807) is 18.2 Å². The van der Waals surface area contributed by atoms with Crippen LogP contribution in [0.25, 0.3) is 11.1 Å². The van der Waals surface area contributed by atoms with E-state index in [0.717, 1.165) is 23.2 Å². The second-order valence-electron chi connectivity index (χ2n) is 4.09. The molecule has 0 atom stereocenters. The van der Waals surface area contributed by atoms with Crippen molar-refractivity contribution >= 4 is 5.69 Å². The second-order valence-corrected chi connectivity index (χ2v) is 4.09. The standard InChI is InChI=1S/C15H16FNO/c1-3-10-9-11(7-8-13(10)17)12-5-4-6-14(18-2)15(12)16/h4-9H,3,17H2,1-2H3. The van der Waals surface area contributed by atoms with Gasteiger partial charge in [0.05, 0.1) is 7.11 Å². The van der Waals surface area contributed by atoms with Crippen molar-refractivity contribution in [3.63, 3.8) is 0 Å². The average Bonchev–Trinajstić information content (AvgIpc) is 2.40. The summed E-state index contributed by atoms with van der Waals surface area (Å²) >= 11 is 0. The number of methoxy groups -OCH3 is 1. The number of anilines is 1. The van der Waals surface area contributed by atoms with E-state index in [4.69, 9.17) is 10.5 Å². The molecule has 94 valence electrons. The van der Waals surface area contributed by atoms with Crippen molar-refractivity contribution in [2.24, 2.45) is 0 Å². The fourth-order valence-corrected chi connectivity index (χ4v) is 1.97. The van der Waals surface area contributed by atoms with Crippen molar-refractivity contribution in [1.29, 1.82) is 0 Å². The van der Waals surface area contributed by atoms with Crippen LogP contribution in [0.5, 0.6) is 5.75 Å². The highest BCUT2D eigenvalue weighted by Crippen LogP contribution is 2.30. The van der Waals surface area contributed by atoms with Gasteiger partial charge in [-0.1, -0.05) is 25.1 Å². The Morgan fingerprint density at radius 2 is 2.00 bits per heavy atom. The molecule has 0 saturated carbocycles. The topological polar surface area (TPSA) is 35.2 Å². The van der Waals surface area contributed by atoms with Crippen LogP contribution in [0.15, 0.2) is 36.4 Å². The summed E-state index contributed by atoms with van der Waals surface area (Å²) in [7, 11) is 1.46. The summed E-state index contributed by atoms with van der Waals surface area (Å²) in [5.74, 6) is -0.0887. The van der Waals surface area contributed by atoms with E-state index < -0.39 is 0 Å². The van der Waals surface area contributed by atoms with Crippen molar-refractivity contribution in [3.8, 4) is 16.9 Å². The van der Waals surface area contributed by atoms with Gasteiger partial charge in [0.1, 0.15) is 0 Å². The van der Waals surface area contributed by atoms with Crippen LogP contribution in [0.1, 0.15) is 12.5 Å². The molecule has 3 heteroatoms. The third kappa shape index (κ3) is 2.16. The lowest BCUT2D eigenvalue weighted by atomic mass is 10.00. The number of hydrogen-bond acceptors (Lipinski definition) is 2. The van der Waals surface area contributed by atoms with Gasteiger partial charge in [0, 0.05) is 11.3 Å². The van der Waals surface area contributed by atoms with E-state index in [0.29, 0.717) is 5.56 Å². The summed E-state index contributed by atoms with van der Waals surface area (Å²) in [6.45, 7) is 2.03. The molecule has 0 heterocycles. The highest BCUT2D eigenvalue weighted by molar-refractivity contribution is 5.69. The Morgan fingerprint density at radius 3 is 2.67 bits per heavy atom. The molecular weight excluding hydrogens is 229 g/mol. The van der Waals surface area contributed by atoms with Crippen LogP contribution >= 0.6 is 0 Å². The molecule has 0 saturated heterocycles. The van der Waals surface area contributed by atoms with Crippen molar-refractivity contribution in [3.05, 3.63) is 47.8 Å². The van der Waals surface area contributed by atoms with E-state index in [1.807, 2.05) is 25.1 Å². The van der Waals surface area contributed by atoms with Crippen LogP contribution in [-0.4, -0.2) is 7.11 Å². The number of nitrogens with two attached hydrogens (primary N) is 1. The Balaban J connectivity index is 2.55. The molecule has 0 aliphatic heterocycles. The molecule has 2 rings (SSSR count). The molecule has 2 nitrogen and oxygen atoms in total. The molecule has 18 heavy (non-hydrogen) atoms. The summed E-state index contributed by atoms with van der Waals surface area (Å²) in [6.07, 6.45) is 0.825. The molecule has 2 aromatic rings. The van der Waals surface area contributed by atoms with Crippen LogP contribution in [0.3, 0.4) is 0 Å². The lowest BCUT2D eigenvalue weighted by Crippen LogP contribution is -1.95. The molecule has 0 unspecified atom stereocenters. The van der Waals surface area contributed by atoms with Gasteiger partial charge in [-0.25, -0.2) is 4.39 Å². The van der Waals surface area contributed by atoms with Crippen LogP contribution in [0.2, 0.25) is 0 Å². The van der Waals surface area contributed by atoms with E-state index in [2.05, 4.69) is 0 Å². The van der Waals surface area contributed by atoms with E-state index in [9.17, 15) is 4.39 Å². The van der Waals surface area contributed by atoms with Crippen LogP contribution in [0, 0.1) is 5.82 Å². The van der Waals surface area contributed by atoms with Crippen molar-refractivity contribution < 1.29 is 9.13 Å². The van der Waals surface area contributed by atoms with Gasteiger partial charge in [0.2, 0.25) is 0 Å². The number of halogens is 1. The fraction of sp³-hybridized carbons (Fsp3) is 0.200. The van der Waals surface area contributed by atoms with Crippen molar-refractivity contribution in [2.75, 3.05) is 12.8 Å². The highest BCUT2D eigenvalue weighted by Gasteiger charge is 2.11. The normalized spacial score (nSPS) is 10.4. The minimum atomic E-state index is -0.341. The maximum absolute atomic E-state index is 14.1. The molecule has 0 spiro atoms. The van der Waals surface area contributed by atoms with Gasteiger partial charge in [0.15, 0.2) is 11.6 Å². The largest absolute Gasteiger partial charge is 0.494 e. The number of nitrogen functional groups attached to an aromatic ring is 1. The molecule has 2 N–H and O–H groups in total. The Bertz CT molecular complexity index is 566. The van der Waals surface area contributed by atoms with Gasteiger partial charge in [0.25, 0.3) is 0 Å². The molecule has 0 aliphatic carbocycles. The zero-order valence-electron chi connectivity index (χ0n) is 10.5. The van der Waals surface area contributed by atoms with Gasteiger partial charge < -0.3 is 10.5 Å². The first-order valence-electron chi connectivity index (χ1n) is 5.88. The van der Waals surface area contributed by atoms with Crippen LogP contribution in [0.4, 0.5) is 10.1 Å². The lowest BCUT2D eigenvalue weighted by molar-refractivity contribution is 0.387. The smallest absolute Gasteiger partial charge is 0.172 e. The summed E-state index contributed by atoms with van der Waals surface area (Å²) in [5, 5.41) is 0. The average molecular weight is 245 g/mol. The first kappa shape index (κ1) is 12.4. The molecule has 2 aromatic carbocycles. The van der Waals surface area contributed by atoms with Gasteiger partial charge in [-0.05, 0) is 35.7 Å². The van der Waals surface area contributed by atoms with Gasteiger partial charge in [-0.2, -0.15) is 0 Å². The maximum Gasteiger partial charge on any atom is 0.172 e. The number of rotatable bonds is 3. The summed E-state index contributed by atoms with van der Waals surface area (Å²) in [6, 6.07) is 10.7. The number of ether oxygens (including phenoxy) is 1. The lowest BCUT2D eigenvalue weighted by Gasteiger charge is -2.10. The first-order chi connectivity index (χ1) is 8.67. The summed E-state index contributed by atoms with van der Waals surface area (Å²) < 4.78 is 19.1. The minimum absolute atomic E-state index is 0.252. The molecule has 0 fully saturated rings. The molecule has 0 aromatic heterocycles. The first-order valence-corrected chi connectivity index (χ1v) is 5.88. The zero-order chi connectivity index (χ0) is 13.1.